The largest absolute Gasteiger partial charge is 0.493 e. The molecule has 2 aromatic carbocycles. The van der Waals surface area contributed by atoms with E-state index in [1.54, 1.807) is 0 Å². The molecule has 0 fully saturated rings. The highest BCUT2D eigenvalue weighted by atomic mass is 79.9. The fourth-order valence-electron chi connectivity index (χ4n) is 3.35. The number of halogens is 2. The third-order valence-corrected chi connectivity index (χ3v) is 7.18. The van der Waals surface area contributed by atoms with Crippen molar-refractivity contribution in [2.75, 3.05) is 33.8 Å². The summed E-state index contributed by atoms with van der Waals surface area (Å²) >= 11 is 8.14. The number of carbonyl (C=O) groups is 2. The van der Waals surface area contributed by atoms with Gasteiger partial charge in [-0.3, -0.25) is 4.79 Å². The number of hydrogen-bond donors (Lipinski definition) is 1. The Morgan fingerprint density at radius 2 is 1.58 bits per heavy atom. The van der Waals surface area contributed by atoms with Crippen molar-refractivity contribution in [1.82, 2.24) is 0 Å². The van der Waals surface area contributed by atoms with E-state index < -0.39 is 11.9 Å². The van der Waals surface area contributed by atoms with Crippen LogP contribution in [-0.4, -0.2) is 40.3 Å². The topological polar surface area (TPSA) is 83.1 Å². The van der Waals surface area contributed by atoms with Gasteiger partial charge in [0.1, 0.15) is 10.6 Å². The van der Waals surface area contributed by atoms with Gasteiger partial charge in [0, 0.05) is 14.9 Å². The molecule has 1 heterocycles. The number of nitrogens with one attached hydrogen (secondary N) is 1. The normalized spacial score (nSPS) is 10.5. The maximum atomic E-state index is 13.3. The molecule has 0 bridgehead atoms. The van der Waals surface area contributed by atoms with Crippen molar-refractivity contribution in [1.29, 1.82) is 0 Å². The second-order valence-corrected chi connectivity index (χ2v) is 9.63. The van der Waals surface area contributed by atoms with Crippen LogP contribution in [0, 0.1) is 6.92 Å². The summed E-state index contributed by atoms with van der Waals surface area (Å²) in [4.78, 5) is 26.9. The fraction of sp³-hybridized carbons (Fsp3) is 0.217. The van der Waals surface area contributed by atoms with Crippen molar-refractivity contribution in [3.63, 3.8) is 0 Å². The maximum absolute atomic E-state index is 13.3. The van der Waals surface area contributed by atoms with E-state index in [4.69, 9.17) is 18.9 Å². The molecule has 1 N–H and O–H groups in total. The summed E-state index contributed by atoms with van der Waals surface area (Å²) in [5, 5.41) is 3.23. The summed E-state index contributed by atoms with van der Waals surface area (Å²) in [7, 11) is 5.72. The lowest BCUT2D eigenvalue weighted by Gasteiger charge is -2.16. The number of carbonyl (C=O) groups excluding carboxylic acids is 2. The van der Waals surface area contributed by atoms with Gasteiger partial charge in [-0.05, 0) is 46.6 Å². The number of benzene rings is 2. The van der Waals surface area contributed by atoms with E-state index in [2.05, 4.69) is 37.2 Å². The average molecular weight is 599 g/mol. The highest BCUT2D eigenvalue weighted by Gasteiger charge is 2.28. The summed E-state index contributed by atoms with van der Waals surface area (Å²) in [6.45, 7) is 1.89. The zero-order valence-electron chi connectivity index (χ0n) is 18.5. The first-order valence-electron chi connectivity index (χ1n) is 9.54. The van der Waals surface area contributed by atoms with Crippen molar-refractivity contribution in [2.24, 2.45) is 0 Å². The number of rotatable bonds is 7. The lowest BCUT2D eigenvalue weighted by Crippen LogP contribution is -2.15. The van der Waals surface area contributed by atoms with Gasteiger partial charge in [0.05, 0.1) is 38.5 Å². The molecule has 0 aliphatic rings. The Kier molecular flexibility index (Phi) is 8.04. The number of anilines is 1. The van der Waals surface area contributed by atoms with E-state index in [-0.39, 0.29) is 5.56 Å². The molecule has 0 unspecified atom stereocenters. The first-order chi connectivity index (χ1) is 15.8. The van der Waals surface area contributed by atoms with E-state index in [9.17, 15) is 9.59 Å². The summed E-state index contributed by atoms with van der Waals surface area (Å²) in [5.74, 6) is -0.0171. The lowest BCUT2D eigenvalue weighted by molar-refractivity contribution is 0.0603. The van der Waals surface area contributed by atoms with Gasteiger partial charge < -0.3 is 24.3 Å². The first-order valence-corrected chi connectivity index (χ1v) is 11.9. The third-order valence-electron chi connectivity index (χ3n) is 4.85. The van der Waals surface area contributed by atoms with E-state index in [1.807, 2.05) is 31.2 Å². The van der Waals surface area contributed by atoms with Crippen LogP contribution in [0.25, 0.3) is 11.1 Å². The smallest absolute Gasteiger partial charge is 0.341 e. The van der Waals surface area contributed by atoms with Gasteiger partial charge in [-0.25, -0.2) is 4.79 Å². The number of methoxy groups -OCH3 is 4. The number of ether oxygens (including phenoxy) is 4. The van der Waals surface area contributed by atoms with Crippen LogP contribution in [0.4, 0.5) is 5.00 Å². The van der Waals surface area contributed by atoms with Gasteiger partial charge in [-0.15, -0.1) is 11.3 Å². The standard InChI is InChI=1S/C23H21Br2NO6S/c1-11-16(12-6-8-13(24)9-7-12)17(23(28)32-5)22(33-11)26-21(27)14-10-15(29-2)19(30-3)20(31-4)18(14)25/h6-10H,1-5H3,(H,26,27). The molecule has 3 aromatic rings. The Morgan fingerprint density at radius 1 is 0.939 bits per heavy atom. The molecule has 1 aromatic heterocycles. The summed E-state index contributed by atoms with van der Waals surface area (Å²) in [5.41, 5.74) is 2.08. The van der Waals surface area contributed by atoms with E-state index in [0.717, 1.165) is 14.9 Å². The van der Waals surface area contributed by atoms with Crippen LogP contribution < -0.4 is 19.5 Å². The van der Waals surface area contributed by atoms with Crippen LogP contribution >= 0.6 is 43.2 Å². The molecule has 10 heteroatoms. The molecule has 0 saturated carbocycles. The molecule has 0 spiro atoms. The minimum absolute atomic E-state index is 0.247. The molecule has 0 radical (unpaired) electrons. The molecule has 0 aliphatic carbocycles. The van der Waals surface area contributed by atoms with Crippen molar-refractivity contribution in [3.05, 3.63) is 55.3 Å². The molecule has 33 heavy (non-hydrogen) atoms. The van der Waals surface area contributed by atoms with Crippen LogP contribution in [-0.2, 0) is 4.74 Å². The van der Waals surface area contributed by atoms with Crippen LogP contribution in [0.15, 0.2) is 39.3 Å². The number of hydrogen-bond acceptors (Lipinski definition) is 7. The molecule has 0 aliphatic heterocycles. The highest BCUT2D eigenvalue weighted by molar-refractivity contribution is 9.10. The third kappa shape index (κ3) is 4.87. The van der Waals surface area contributed by atoms with Gasteiger partial charge in [-0.1, -0.05) is 28.1 Å². The zero-order chi connectivity index (χ0) is 24.3. The van der Waals surface area contributed by atoms with Crippen LogP contribution in [0.1, 0.15) is 25.6 Å². The molecule has 3 rings (SSSR count). The lowest BCUT2D eigenvalue weighted by atomic mass is 10.0. The minimum Gasteiger partial charge on any atom is -0.493 e. The number of amides is 1. The van der Waals surface area contributed by atoms with Crippen molar-refractivity contribution >= 4 is 60.1 Å². The van der Waals surface area contributed by atoms with Crippen molar-refractivity contribution in [2.45, 2.75) is 6.92 Å². The Bertz CT molecular complexity index is 1210. The van der Waals surface area contributed by atoms with Crippen LogP contribution in [0.3, 0.4) is 0 Å². The van der Waals surface area contributed by atoms with E-state index in [1.165, 1.54) is 45.8 Å². The van der Waals surface area contributed by atoms with E-state index in [0.29, 0.717) is 37.8 Å². The molecule has 7 nitrogen and oxygen atoms in total. The molecule has 0 atom stereocenters. The van der Waals surface area contributed by atoms with Crippen molar-refractivity contribution < 1.29 is 28.5 Å². The van der Waals surface area contributed by atoms with Gasteiger partial charge in [0.2, 0.25) is 5.75 Å². The van der Waals surface area contributed by atoms with Gasteiger partial charge in [0.25, 0.3) is 5.91 Å². The van der Waals surface area contributed by atoms with E-state index >= 15 is 0 Å². The maximum Gasteiger partial charge on any atom is 0.341 e. The molecule has 1 amide bonds. The molecular weight excluding hydrogens is 578 g/mol. The van der Waals surface area contributed by atoms with Crippen LogP contribution in [0.5, 0.6) is 17.2 Å². The highest BCUT2D eigenvalue weighted by Crippen LogP contribution is 2.46. The fourth-order valence-corrected chi connectivity index (χ4v) is 5.31. The summed E-state index contributed by atoms with van der Waals surface area (Å²) < 4.78 is 22.5. The first kappa shape index (κ1) is 25.1. The van der Waals surface area contributed by atoms with Gasteiger partial charge >= 0.3 is 5.97 Å². The average Bonchev–Trinajstić information content (AvgIpc) is 3.13. The minimum atomic E-state index is -0.545. The summed E-state index contributed by atoms with van der Waals surface area (Å²) in [6.07, 6.45) is 0. The number of esters is 1. The van der Waals surface area contributed by atoms with Gasteiger partial charge in [-0.2, -0.15) is 0 Å². The molecular formula is C23H21Br2NO6S. The van der Waals surface area contributed by atoms with Crippen LogP contribution in [0.2, 0.25) is 0 Å². The molecule has 0 saturated heterocycles. The Labute approximate surface area is 212 Å². The quantitative estimate of drug-likeness (QED) is 0.321. The number of thiophene rings is 1. The number of aryl methyl sites for hydroxylation is 1. The Balaban J connectivity index is 2.11. The zero-order valence-corrected chi connectivity index (χ0v) is 22.5. The SMILES string of the molecule is COC(=O)c1c(NC(=O)c2cc(OC)c(OC)c(OC)c2Br)sc(C)c1-c1ccc(Br)cc1. The Morgan fingerprint density at radius 3 is 2.12 bits per heavy atom. The van der Waals surface area contributed by atoms with Gasteiger partial charge in [0.15, 0.2) is 11.5 Å². The second-order valence-electron chi connectivity index (χ2n) is 6.70. The predicted molar refractivity (Wildman–Crippen MR) is 135 cm³/mol. The van der Waals surface area contributed by atoms with Crippen molar-refractivity contribution in [3.8, 4) is 28.4 Å². The Hall–Kier alpha value is -2.56. The monoisotopic (exact) mass is 597 g/mol. The molecule has 174 valence electrons. The summed E-state index contributed by atoms with van der Waals surface area (Å²) in [6, 6.07) is 9.10. The second kappa shape index (κ2) is 10.6. The predicted octanol–water partition coefficient (Wildman–Crippen LogP) is 6.31.